The lowest BCUT2D eigenvalue weighted by Crippen LogP contribution is -2.43. The minimum absolute atomic E-state index is 0.360. The van der Waals surface area contributed by atoms with Gasteiger partial charge in [0.2, 0.25) is 0 Å². The number of hydrogen-bond acceptors (Lipinski definition) is 6. The minimum atomic E-state index is -3.56. The van der Waals surface area contributed by atoms with E-state index in [1.165, 1.54) is 4.31 Å². The number of morpholine rings is 1. The molecular weight excluding hydrogens is 378 g/mol. The Bertz CT molecular complexity index is 890. The molecule has 8 nitrogen and oxygen atoms in total. The number of nitrogens with zero attached hydrogens (tertiary/aromatic N) is 3. The summed E-state index contributed by atoms with van der Waals surface area (Å²) in [6.07, 6.45) is 1.73. The molecule has 0 saturated carbocycles. The van der Waals surface area contributed by atoms with Crippen LogP contribution >= 0.6 is 0 Å². The zero-order valence-electron chi connectivity index (χ0n) is 16.0. The van der Waals surface area contributed by atoms with E-state index in [1.54, 1.807) is 30.5 Å². The number of nitrogens with one attached hydrogen (secondary N) is 2. The highest BCUT2D eigenvalue weighted by Gasteiger charge is 2.23. The zero-order chi connectivity index (χ0) is 20.0. The molecule has 0 atom stereocenters. The van der Waals surface area contributed by atoms with Gasteiger partial charge in [-0.2, -0.15) is 17.8 Å². The third kappa shape index (κ3) is 5.44. The van der Waals surface area contributed by atoms with Gasteiger partial charge >= 0.3 is 10.2 Å². The predicted octanol–water partition coefficient (Wildman–Crippen LogP) is 2.19. The summed E-state index contributed by atoms with van der Waals surface area (Å²) in [6.45, 7) is 1.55. The van der Waals surface area contributed by atoms with Gasteiger partial charge in [-0.15, -0.1) is 0 Å². The largest absolute Gasteiger partial charge is 0.379 e. The quantitative estimate of drug-likeness (QED) is 0.547. The number of benzene rings is 2. The number of hydrogen-bond donors (Lipinski definition) is 2. The molecule has 1 aliphatic heterocycles. The zero-order valence-corrected chi connectivity index (χ0v) is 16.8. The Kier molecular flexibility index (Phi) is 6.50. The first kappa shape index (κ1) is 20.1. The van der Waals surface area contributed by atoms with Crippen molar-refractivity contribution in [3.63, 3.8) is 0 Å². The maximum atomic E-state index is 12.4. The molecule has 0 unspecified atom stereocenters. The van der Waals surface area contributed by atoms with Crippen LogP contribution < -0.4 is 15.0 Å². The van der Waals surface area contributed by atoms with Gasteiger partial charge < -0.3 is 9.64 Å². The van der Waals surface area contributed by atoms with Gasteiger partial charge in [0.25, 0.3) is 0 Å². The molecule has 2 aromatic carbocycles. The number of rotatable bonds is 7. The van der Waals surface area contributed by atoms with E-state index in [0.29, 0.717) is 32.0 Å². The summed E-state index contributed by atoms with van der Waals surface area (Å²) in [5, 5.41) is 4.21. The van der Waals surface area contributed by atoms with Crippen molar-refractivity contribution < 1.29 is 13.2 Å². The molecule has 1 aliphatic rings. The SMILES string of the molecule is CN(C)c1ccc(/C=N/Nc2ccc(NS(=O)(=O)N3CCOCC3)cc2)cc1. The van der Waals surface area contributed by atoms with Crippen molar-refractivity contribution in [1.82, 2.24) is 4.31 Å². The van der Waals surface area contributed by atoms with E-state index < -0.39 is 10.2 Å². The van der Waals surface area contributed by atoms with Crippen molar-refractivity contribution in [2.24, 2.45) is 5.10 Å². The molecule has 1 saturated heterocycles. The second-order valence-electron chi connectivity index (χ2n) is 6.55. The van der Waals surface area contributed by atoms with Gasteiger partial charge in [-0.25, -0.2) is 0 Å². The van der Waals surface area contributed by atoms with Gasteiger partial charge in [-0.3, -0.25) is 10.1 Å². The van der Waals surface area contributed by atoms with Crippen molar-refractivity contribution in [3.05, 3.63) is 54.1 Å². The Hall–Kier alpha value is -2.62. The molecule has 0 aromatic heterocycles. The molecule has 0 bridgehead atoms. The molecule has 2 N–H and O–H groups in total. The molecule has 3 rings (SSSR count). The smallest absolute Gasteiger partial charge is 0.301 e. The fraction of sp³-hybridized carbons (Fsp3) is 0.316. The molecule has 0 radical (unpaired) electrons. The molecule has 2 aromatic rings. The topological polar surface area (TPSA) is 86.3 Å². The van der Waals surface area contributed by atoms with Gasteiger partial charge in [-0.1, -0.05) is 12.1 Å². The fourth-order valence-corrected chi connectivity index (χ4v) is 3.85. The maximum Gasteiger partial charge on any atom is 0.301 e. The van der Waals surface area contributed by atoms with Crippen LogP contribution in [0.4, 0.5) is 17.1 Å². The normalized spacial score (nSPS) is 15.5. The van der Waals surface area contributed by atoms with E-state index in [9.17, 15) is 8.42 Å². The highest BCUT2D eigenvalue weighted by molar-refractivity contribution is 7.90. The molecule has 0 amide bonds. The van der Waals surface area contributed by atoms with Crippen molar-refractivity contribution in [2.75, 3.05) is 55.4 Å². The highest BCUT2D eigenvalue weighted by Crippen LogP contribution is 2.17. The molecule has 28 heavy (non-hydrogen) atoms. The summed E-state index contributed by atoms with van der Waals surface area (Å²) in [4.78, 5) is 2.04. The van der Waals surface area contributed by atoms with Crippen LogP contribution in [0.2, 0.25) is 0 Å². The summed E-state index contributed by atoms with van der Waals surface area (Å²) in [7, 11) is 0.429. The molecule has 9 heteroatoms. The van der Waals surface area contributed by atoms with Crippen molar-refractivity contribution in [1.29, 1.82) is 0 Å². The first-order valence-corrected chi connectivity index (χ1v) is 10.4. The first-order chi connectivity index (χ1) is 13.4. The van der Waals surface area contributed by atoms with Crippen LogP contribution in [0.25, 0.3) is 0 Å². The summed E-state index contributed by atoms with van der Waals surface area (Å²) in [5.74, 6) is 0. The van der Waals surface area contributed by atoms with Crippen LogP contribution in [0, 0.1) is 0 Å². The number of ether oxygens (including phenoxy) is 1. The lowest BCUT2D eigenvalue weighted by atomic mass is 10.2. The van der Waals surface area contributed by atoms with E-state index in [0.717, 1.165) is 16.9 Å². The van der Waals surface area contributed by atoms with Gasteiger partial charge in [0.1, 0.15) is 0 Å². The fourth-order valence-electron chi connectivity index (χ4n) is 2.65. The monoisotopic (exact) mass is 403 g/mol. The molecule has 1 fully saturated rings. The summed E-state index contributed by atoms with van der Waals surface area (Å²) in [6, 6.07) is 15.0. The lowest BCUT2D eigenvalue weighted by molar-refractivity contribution is 0.0733. The van der Waals surface area contributed by atoms with Crippen molar-refractivity contribution in [2.45, 2.75) is 0 Å². The van der Waals surface area contributed by atoms with E-state index >= 15 is 0 Å². The second-order valence-corrected chi connectivity index (χ2v) is 8.22. The van der Waals surface area contributed by atoms with Crippen LogP contribution in [0.1, 0.15) is 5.56 Å². The first-order valence-electron chi connectivity index (χ1n) is 8.96. The molecule has 150 valence electrons. The molecular formula is C19H25N5O3S. The third-order valence-corrected chi connectivity index (χ3v) is 5.80. The van der Waals surface area contributed by atoms with Crippen LogP contribution in [0.3, 0.4) is 0 Å². The summed E-state index contributed by atoms with van der Waals surface area (Å²) in [5.41, 5.74) is 6.30. The molecule has 0 spiro atoms. The van der Waals surface area contributed by atoms with Crippen molar-refractivity contribution in [3.8, 4) is 0 Å². The standard InChI is InChI=1S/C19H25N5O3S/c1-23(2)19-9-3-16(4-10-19)15-20-21-17-5-7-18(8-6-17)22-28(25,26)24-11-13-27-14-12-24/h3-10,15,21-22H,11-14H2,1-2H3/b20-15+. The second kappa shape index (κ2) is 9.05. The average molecular weight is 404 g/mol. The van der Waals surface area contributed by atoms with E-state index in [1.807, 2.05) is 43.3 Å². The van der Waals surface area contributed by atoms with E-state index in [2.05, 4.69) is 15.2 Å². The van der Waals surface area contributed by atoms with Crippen LogP contribution in [0.15, 0.2) is 53.6 Å². The Morgan fingerprint density at radius 2 is 1.61 bits per heavy atom. The van der Waals surface area contributed by atoms with E-state index in [4.69, 9.17) is 4.74 Å². The summed E-state index contributed by atoms with van der Waals surface area (Å²) < 4.78 is 33.9. The number of hydrazone groups is 1. The van der Waals surface area contributed by atoms with Gasteiger partial charge in [0.15, 0.2) is 0 Å². The van der Waals surface area contributed by atoms with Gasteiger partial charge in [-0.05, 0) is 42.0 Å². The molecule has 0 aliphatic carbocycles. The average Bonchev–Trinajstić information content (AvgIpc) is 2.70. The minimum Gasteiger partial charge on any atom is -0.379 e. The Morgan fingerprint density at radius 3 is 2.21 bits per heavy atom. The van der Waals surface area contributed by atoms with Crippen LogP contribution in [-0.2, 0) is 14.9 Å². The molecule has 1 heterocycles. The van der Waals surface area contributed by atoms with Crippen molar-refractivity contribution >= 4 is 33.5 Å². The van der Waals surface area contributed by atoms with E-state index in [-0.39, 0.29) is 0 Å². The number of anilines is 3. The summed E-state index contributed by atoms with van der Waals surface area (Å²) >= 11 is 0. The van der Waals surface area contributed by atoms with Gasteiger partial charge in [0, 0.05) is 38.6 Å². The van der Waals surface area contributed by atoms with Gasteiger partial charge in [0.05, 0.1) is 25.1 Å². The van der Waals surface area contributed by atoms with Crippen LogP contribution in [-0.4, -0.2) is 59.3 Å². The maximum absolute atomic E-state index is 12.4. The lowest BCUT2D eigenvalue weighted by Gasteiger charge is -2.26. The highest BCUT2D eigenvalue weighted by atomic mass is 32.2. The Balaban J connectivity index is 1.55. The predicted molar refractivity (Wildman–Crippen MR) is 113 cm³/mol. The Morgan fingerprint density at radius 1 is 1.00 bits per heavy atom. The van der Waals surface area contributed by atoms with Crippen LogP contribution in [0.5, 0.6) is 0 Å². The third-order valence-electron chi connectivity index (χ3n) is 4.26. The Labute approximate surface area is 166 Å².